The molecule has 6 heteroatoms. The smallest absolute Gasteiger partial charge is 0.234 e. The second-order valence-corrected chi connectivity index (χ2v) is 5.23. The molecule has 1 fully saturated rings. The number of thiazole rings is 1. The van der Waals surface area contributed by atoms with Crippen molar-refractivity contribution in [3.63, 3.8) is 0 Å². The summed E-state index contributed by atoms with van der Waals surface area (Å²) >= 11 is 1.67. The number of carbonyl (C=O) groups excluding carboxylic acids is 1. The fourth-order valence-electron chi connectivity index (χ4n) is 1.74. The Bertz CT molecular complexity index is 379. The summed E-state index contributed by atoms with van der Waals surface area (Å²) in [6.07, 6.45) is 3.00. The molecule has 5 nitrogen and oxygen atoms in total. The van der Waals surface area contributed by atoms with Crippen LogP contribution in [0.15, 0.2) is 6.20 Å². The van der Waals surface area contributed by atoms with E-state index in [1.807, 2.05) is 6.20 Å². The van der Waals surface area contributed by atoms with Crippen molar-refractivity contribution in [2.24, 2.45) is 0 Å². The second kappa shape index (κ2) is 5.97. The Morgan fingerprint density at radius 3 is 3.29 bits per heavy atom. The van der Waals surface area contributed by atoms with E-state index < -0.39 is 0 Å². The van der Waals surface area contributed by atoms with Crippen molar-refractivity contribution < 1.29 is 4.79 Å². The summed E-state index contributed by atoms with van der Waals surface area (Å²) in [5.74, 6) is 0.116. The lowest BCUT2D eigenvalue weighted by Gasteiger charge is -2.25. The Balaban J connectivity index is 1.85. The average Bonchev–Trinajstić information content (AvgIpc) is 2.74. The van der Waals surface area contributed by atoms with Crippen molar-refractivity contribution in [2.45, 2.75) is 19.9 Å². The summed E-state index contributed by atoms with van der Waals surface area (Å²) in [7, 11) is 0. The first-order valence-electron chi connectivity index (χ1n) is 5.95. The molecule has 0 spiro atoms. The zero-order valence-corrected chi connectivity index (χ0v) is 10.8. The van der Waals surface area contributed by atoms with Crippen LogP contribution in [-0.4, -0.2) is 42.0 Å². The first kappa shape index (κ1) is 12.3. The van der Waals surface area contributed by atoms with E-state index in [1.165, 1.54) is 4.88 Å². The van der Waals surface area contributed by atoms with Crippen molar-refractivity contribution in [1.82, 2.24) is 15.2 Å². The number of amides is 1. The van der Waals surface area contributed by atoms with Crippen LogP contribution in [0.3, 0.4) is 0 Å². The monoisotopic (exact) mass is 254 g/mol. The lowest BCUT2D eigenvalue weighted by atomic mass is 10.3. The molecule has 1 saturated heterocycles. The van der Waals surface area contributed by atoms with Gasteiger partial charge in [-0.05, 0) is 6.42 Å². The van der Waals surface area contributed by atoms with Gasteiger partial charge in [-0.2, -0.15) is 0 Å². The Morgan fingerprint density at radius 1 is 1.65 bits per heavy atom. The van der Waals surface area contributed by atoms with E-state index in [0.29, 0.717) is 6.54 Å². The molecule has 1 amide bonds. The maximum Gasteiger partial charge on any atom is 0.234 e. The van der Waals surface area contributed by atoms with Crippen molar-refractivity contribution >= 4 is 22.4 Å². The highest BCUT2D eigenvalue weighted by molar-refractivity contribution is 7.15. The molecule has 0 radical (unpaired) electrons. The van der Waals surface area contributed by atoms with Crippen LogP contribution in [0.2, 0.25) is 0 Å². The lowest BCUT2D eigenvalue weighted by molar-refractivity contribution is -0.124. The van der Waals surface area contributed by atoms with Gasteiger partial charge in [0.25, 0.3) is 0 Å². The normalized spacial score (nSPS) is 16.9. The van der Waals surface area contributed by atoms with Crippen molar-refractivity contribution in [2.75, 3.05) is 31.5 Å². The number of carbonyl (C=O) groups is 1. The number of hydrogen-bond acceptors (Lipinski definition) is 5. The molecular formula is C11H18N4OS. The molecule has 2 rings (SSSR count). The Hall–Kier alpha value is -1.14. The van der Waals surface area contributed by atoms with Gasteiger partial charge in [0.2, 0.25) is 5.91 Å². The minimum Gasteiger partial charge on any atom is -0.362 e. The van der Waals surface area contributed by atoms with Gasteiger partial charge in [-0.15, -0.1) is 11.3 Å². The number of aromatic nitrogens is 1. The summed E-state index contributed by atoms with van der Waals surface area (Å²) in [4.78, 5) is 18.9. The first-order valence-corrected chi connectivity index (χ1v) is 6.77. The van der Waals surface area contributed by atoms with E-state index in [-0.39, 0.29) is 5.91 Å². The highest BCUT2D eigenvalue weighted by atomic mass is 32.1. The van der Waals surface area contributed by atoms with Gasteiger partial charge < -0.3 is 10.6 Å². The molecule has 0 aliphatic carbocycles. The maximum atomic E-state index is 11.2. The number of anilines is 1. The number of nitrogens with zero attached hydrogens (tertiary/aromatic N) is 2. The van der Waals surface area contributed by atoms with Gasteiger partial charge in [0, 0.05) is 37.3 Å². The molecule has 1 aromatic rings. The van der Waals surface area contributed by atoms with Gasteiger partial charge in [0.05, 0.1) is 6.54 Å². The zero-order chi connectivity index (χ0) is 12.1. The number of hydrogen-bond donors (Lipinski definition) is 2. The minimum absolute atomic E-state index is 0.116. The summed E-state index contributed by atoms with van der Waals surface area (Å²) in [6.45, 7) is 6.07. The van der Waals surface area contributed by atoms with E-state index >= 15 is 0 Å². The molecule has 1 aliphatic rings. The third-order valence-corrected chi connectivity index (χ3v) is 3.52. The predicted octanol–water partition coefficient (Wildman–Crippen LogP) is 0.897. The maximum absolute atomic E-state index is 11.2. The standard InChI is InChI=1S/C11H18N4OS/c1-2-3-13-11-14-6-9(17-11)7-15-5-4-12-10(16)8-15/h6H,2-5,7-8H2,1H3,(H,12,16)(H,13,14). The molecule has 0 atom stereocenters. The molecule has 0 aromatic carbocycles. The minimum atomic E-state index is 0.116. The molecule has 0 saturated carbocycles. The number of piperazine rings is 1. The SMILES string of the molecule is CCCNc1ncc(CN2CCNC(=O)C2)s1. The van der Waals surface area contributed by atoms with E-state index in [9.17, 15) is 4.79 Å². The summed E-state index contributed by atoms with van der Waals surface area (Å²) < 4.78 is 0. The summed E-state index contributed by atoms with van der Waals surface area (Å²) in [5.41, 5.74) is 0. The van der Waals surface area contributed by atoms with E-state index in [0.717, 1.165) is 37.7 Å². The van der Waals surface area contributed by atoms with Gasteiger partial charge in [-0.25, -0.2) is 4.98 Å². The Morgan fingerprint density at radius 2 is 2.53 bits per heavy atom. The Labute approximate surface area is 105 Å². The third-order valence-electron chi connectivity index (χ3n) is 2.58. The van der Waals surface area contributed by atoms with Crippen molar-refractivity contribution in [3.05, 3.63) is 11.1 Å². The van der Waals surface area contributed by atoms with E-state index in [1.54, 1.807) is 11.3 Å². The van der Waals surface area contributed by atoms with Gasteiger partial charge >= 0.3 is 0 Å². The van der Waals surface area contributed by atoms with Crippen LogP contribution < -0.4 is 10.6 Å². The van der Waals surface area contributed by atoms with Crippen LogP contribution in [0.5, 0.6) is 0 Å². The molecule has 94 valence electrons. The van der Waals surface area contributed by atoms with Crippen LogP contribution >= 0.6 is 11.3 Å². The van der Waals surface area contributed by atoms with Crippen LogP contribution in [0.25, 0.3) is 0 Å². The second-order valence-electron chi connectivity index (χ2n) is 4.12. The molecule has 17 heavy (non-hydrogen) atoms. The fourth-order valence-corrected chi connectivity index (χ4v) is 2.62. The molecule has 2 heterocycles. The topological polar surface area (TPSA) is 57.3 Å². The van der Waals surface area contributed by atoms with Gasteiger partial charge in [-0.1, -0.05) is 6.92 Å². The van der Waals surface area contributed by atoms with Crippen LogP contribution in [0, 0.1) is 0 Å². The van der Waals surface area contributed by atoms with Crippen molar-refractivity contribution in [3.8, 4) is 0 Å². The number of rotatable bonds is 5. The van der Waals surface area contributed by atoms with Gasteiger partial charge in [-0.3, -0.25) is 9.69 Å². The van der Waals surface area contributed by atoms with Crippen molar-refractivity contribution in [1.29, 1.82) is 0 Å². The molecule has 2 N–H and O–H groups in total. The van der Waals surface area contributed by atoms with Crippen LogP contribution in [0.4, 0.5) is 5.13 Å². The summed E-state index contributed by atoms with van der Waals surface area (Å²) in [5, 5.41) is 7.07. The first-order chi connectivity index (χ1) is 8.28. The Kier molecular flexibility index (Phi) is 4.33. The quantitative estimate of drug-likeness (QED) is 0.819. The highest BCUT2D eigenvalue weighted by Crippen LogP contribution is 2.19. The molecule has 1 aromatic heterocycles. The van der Waals surface area contributed by atoms with Crippen LogP contribution in [-0.2, 0) is 11.3 Å². The predicted molar refractivity (Wildman–Crippen MR) is 69.2 cm³/mol. The van der Waals surface area contributed by atoms with Gasteiger partial charge in [0.1, 0.15) is 0 Å². The highest BCUT2D eigenvalue weighted by Gasteiger charge is 2.16. The third kappa shape index (κ3) is 3.67. The largest absolute Gasteiger partial charge is 0.362 e. The molecule has 1 aliphatic heterocycles. The average molecular weight is 254 g/mol. The zero-order valence-electron chi connectivity index (χ0n) is 10.0. The van der Waals surface area contributed by atoms with Gasteiger partial charge in [0.15, 0.2) is 5.13 Å². The molecular weight excluding hydrogens is 236 g/mol. The molecule has 0 bridgehead atoms. The van der Waals surface area contributed by atoms with E-state index in [4.69, 9.17) is 0 Å². The lowest BCUT2D eigenvalue weighted by Crippen LogP contribution is -2.46. The fraction of sp³-hybridized carbons (Fsp3) is 0.636. The summed E-state index contributed by atoms with van der Waals surface area (Å²) in [6, 6.07) is 0. The molecule has 0 unspecified atom stereocenters. The van der Waals surface area contributed by atoms with E-state index in [2.05, 4.69) is 27.4 Å². The number of nitrogens with one attached hydrogen (secondary N) is 2. The van der Waals surface area contributed by atoms with Crippen LogP contribution in [0.1, 0.15) is 18.2 Å².